The molecule has 1 unspecified atom stereocenters. The molecule has 148 valence electrons. The number of carbonyl (C=O) groups is 2. The SMILES string of the molecule is COc1ccc(C)cc1NC(=O)C(OC(=O)C=Cc1cccs1)c1ccccc1. The molecular weight excluding hydrogens is 386 g/mol. The lowest BCUT2D eigenvalue weighted by atomic mass is 10.1. The van der Waals surface area contributed by atoms with Crippen LogP contribution in [0.1, 0.15) is 22.1 Å². The van der Waals surface area contributed by atoms with E-state index in [0.29, 0.717) is 17.0 Å². The van der Waals surface area contributed by atoms with E-state index in [-0.39, 0.29) is 0 Å². The second-order valence-corrected chi connectivity index (χ2v) is 7.25. The Morgan fingerprint density at radius 1 is 1.07 bits per heavy atom. The van der Waals surface area contributed by atoms with Crippen LogP contribution in [0.15, 0.2) is 72.1 Å². The first-order valence-corrected chi connectivity index (χ1v) is 9.87. The molecule has 0 spiro atoms. The van der Waals surface area contributed by atoms with Gasteiger partial charge in [0.25, 0.3) is 5.91 Å². The number of nitrogens with one attached hydrogen (secondary N) is 1. The van der Waals surface area contributed by atoms with Crippen LogP contribution in [0.25, 0.3) is 6.08 Å². The molecule has 0 aliphatic heterocycles. The van der Waals surface area contributed by atoms with Gasteiger partial charge in [0, 0.05) is 16.5 Å². The summed E-state index contributed by atoms with van der Waals surface area (Å²) in [5.41, 5.74) is 2.06. The van der Waals surface area contributed by atoms with Crippen LogP contribution < -0.4 is 10.1 Å². The minimum Gasteiger partial charge on any atom is -0.495 e. The molecule has 2 aromatic carbocycles. The minimum absolute atomic E-state index is 0.460. The van der Waals surface area contributed by atoms with Crippen molar-refractivity contribution in [2.45, 2.75) is 13.0 Å². The summed E-state index contributed by atoms with van der Waals surface area (Å²) in [7, 11) is 1.53. The van der Waals surface area contributed by atoms with Gasteiger partial charge in [0.15, 0.2) is 0 Å². The predicted molar refractivity (Wildman–Crippen MR) is 115 cm³/mol. The van der Waals surface area contributed by atoms with E-state index in [1.54, 1.807) is 42.5 Å². The number of benzene rings is 2. The van der Waals surface area contributed by atoms with Gasteiger partial charge >= 0.3 is 5.97 Å². The van der Waals surface area contributed by atoms with Crippen molar-refractivity contribution in [3.63, 3.8) is 0 Å². The van der Waals surface area contributed by atoms with Crippen LogP contribution in [0.3, 0.4) is 0 Å². The molecular formula is C23H21NO4S. The van der Waals surface area contributed by atoms with Crippen LogP contribution in [-0.4, -0.2) is 19.0 Å². The Balaban J connectivity index is 1.81. The van der Waals surface area contributed by atoms with E-state index in [9.17, 15) is 9.59 Å². The molecule has 1 heterocycles. The summed E-state index contributed by atoms with van der Waals surface area (Å²) in [6.45, 7) is 1.92. The molecule has 0 saturated heterocycles. The number of hydrogen-bond acceptors (Lipinski definition) is 5. The number of thiophene rings is 1. The minimum atomic E-state index is -1.10. The molecule has 0 saturated carbocycles. The fourth-order valence-electron chi connectivity index (χ4n) is 2.71. The standard InChI is InChI=1S/C23H21NO4S/c1-16-10-12-20(27-2)19(15-16)24-23(26)22(17-7-4-3-5-8-17)28-21(25)13-11-18-9-6-14-29-18/h3-15,22H,1-2H3,(H,24,26). The van der Waals surface area contributed by atoms with Crippen LogP contribution in [0.5, 0.6) is 5.75 Å². The highest BCUT2D eigenvalue weighted by Crippen LogP contribution is 2.28. The van der Waals surface area contributed by atoms with E-state index in [2.05, 4.69) is 5.32 Å². The first kappa shape index (κ1) is 20.4. The van der Waals surface area contributed by atoms with E-state index >= 15 is 0 Å². The number of rotatable bonds is 7. The number of aryl methyl sites for hydroxylation is 1. The average molecular weight is 407 g/mol. The number of amides is 1. The second-order valence-electron chi connectivity index (χ2n) is 6.27. The van der Waals surface area contributed by atoms with Crippen LogP contribution in [0.2, 0.25) is 0 Å². The van der Waals surface area contributed by atoms with Crippen molar-refractivity contribution in [2.75, 3.05) is 12.4 Å². The van der Waals surface area contributed by atoms with E-state index in [1.165, 1.54) is 24.5 Å². The Labute approximate surface area is 173 Å². The molecule has 1 amide bonds. The normalized spacial score (nSPS) is 11.8. The number of ether oxygens (including phenoxy) is 2. The predicted octanol–water partition coefficient (Wildman–Crippen LogP) is 5.00. The molecule has 0 bridgehead atoms. The van der Waals surface area contributed by atoms with Crippen LogP contribution in [-0.2, 0) is 14.3 Å². The molecule has 5 nitrogen and oxygen atoms in total. The molecule has 0 fully saturated rings. The Bertz CT molecular complexity index is 997. The zero-order valence-corrected chi connectivity index (χ0v) is 16.9. The Morgan fingerprint density at radius 2 is 1.86 bits per heavy atom. The second kappa shape index (κ2) is 9.71. The molecule has 0 aliphatic rings. The monoisotopic (exact) mass is 407 g/mol. The summed E-state index contributed by atoms with van der Waals surface area (Å²) in [6, 6.07) is 18.2. The van der Waals surface area contributed by atoms with Crippen molar-refractivity contribution in [3.05, 3.63) is 88.1 Å². The van der Waals surface area contributed by atoms with E-state index in [1.807, 2.05) is 36.6 Å². The van der Waals surface area contributed by atoms with Gasteiger partial charge in [-0.15, -0.1) is 11.3 Å². The van der Waals surface area contributed by atoms with Gasteiger partial charge in [-0.2, -0.15) is 0 Å². The Morgan fingerprint density at radius 3 is 2.55 bits per heavy atom. The zero-order chi connectivity index (χ0) is 20.6. The molecule has 29 heavy (non-hydrogen) atoms. The van der Waals surface area contributed by atoms with Gasteiger partial charge in [0.2, 0.25) is 6.10 Å². The average Bonchev–Trinajstić information content (AvgIpc) is 3.25. The van der Waals surface area contributed by atoms with Crippen LogP contribution in [0, 0.1) is 6.92 Å². The van der Waals surface area contributed by atoms with Crippen molar-refractivity contribution >= 4 is 35.0 Å². The van der Waals surface area contributed by atoms with Crippen molar-refractivity contribution in [1.82, 2.24) is 0 Å². The first-order valence-electron chi connectivity index (χ1n) is 8.99. The summed E-state index contributed by atoms with van der Waals surface area (Å²) in [5, 5.41) is 4.73. The van der Waals surface area contributed by atoms with Crippen molar-refractivity contribution in [3.8, 4) is 5.75 Å². The Kier molecular flexibility index (Phi) is 6.81. The molecule has 3 rings (SSSR count). The van der Waals surface area contributed by atoms with Gasteiger partial charge in [0.05, 0.1) is 12.8 Å². The van der Waals surface area contributed by atoms with E-state index in [4.69, 9.17) is 9.47 Å². The summed E-state index contributed by atoms with van der Waals surface area (Å²) >= 11 is 1.51. The third-order valence-corrected chi connectivity index (χ3v) is 4.95. The van der Waals surface area contributed by atoms with Gasteiger partial charge in [-0.25, -0.2) is 4.79 Å². The lowest BCUT2D eigenvalue weighted by molar-refractivity contribution is -0.149. The molecule has 0 aliphatic carbocycles. The largest absolute Gasteiger partial charge is 0.495 e. The molecule has 0 radical (unpaired) electrons. The summed E-state index contributed by atoms with van der Waals surface area (Å²) in [5.74, 6) is -0.531. The number of esters is 1. The fraction of sp³-hybridized carbons (Fsp3) is 0.130. The van der Waals surface area contributed by atoms with E-state index < -0.39 is 18.0 Å². The summed E-state index contributed by atoms with van der Waals surface area (Å²) < 4.78 is 10.8. The summed E-state index contributed by atoms with van der Waals surface area (Å²) in [6.07, 6.45) is 1.89. The lowest BCUT2D eigenvalue weighted by Crippen LogP contribution is -2.25. The van der Waals surface area contributed by atoms with Gasteiger partial charge in [0.1, 0.15) is 5.75 Å². The molecule has 6 heteroatoms. The number of anilines is 1. The number of hydrogen-bond donors (Lipinski definition) is 1. The topological polar surface area (TPSA) is 64.6 Å². The highest BCUT2D eigenvalue weighted by atomic mass is 32.1. The van der Waals surface area contributed by atoms with Crippen LogP contribution >= 0.6 is 11.3 Å². The lowest BCUT2D eigenvalue weighted by Gasteiger charge is -2.18. The third-order valence-electron chi connectivity index (χ3n) is 4.11. The molecule has 1 N–H and O–H groups in total. The first-order chi connectivity index (χ1) is 14.1. The van der Waals surface area contributed by atoms with E-state index in [0.717, 1.165) is 10.4 Å². The van der Waals surface area contributed by atoms with Crippen molar-refractivity contribution in [1.29, 1.82) is 0 Å². The van der Waals surface area contributed by atoms with Crippen molar-refractivity contribution < 1.29 is 19.1 Å². The van der Waals surface area contributed by atoms with Gasteiger partial charge in [-0.3, -0.25) is 4.79 Å². The molecule has 1 aromatic heterocycles. The smallest absolute Gasteiger partial charge is 0.331 e. The quantitative estimate of drug-likeness (QED) is 0.442. The van der Waals surface area contributed by atoms with Crippen molar-refractivity contribution in [2.24, 2.45) is 0 Å². The zero-order valence-electron chi connectivity index (χ0n) is 16.1. The van der Waals surface area contributed by atoms with Crippen LogP contribution in [0.4, 0.5) is 5.69 Å². The number of carbonyl (C=O) groups excluding carboxylic acids is 2. The fourth-order valence-corrected chi connectivity index (χ4v) is 3.33. The Hall–Kier alpha value is -3.38. The highest BCUT2D eigenvalue weighted by molar-refractivity contribution is 7.10. The maximum absolute atomic E-state index is 13.0. The maximum Gasteiger partial charge on any atom is 0.331 e. The number of methoxy groups -OCH3 is 1. The molecule has 3 aromatic rings. The van der Waals surface area contributed by atoms with Gasteiger partial charge in [-0.05, 0) is 42.1 Å². The molecule has 1 atom stereocenters. The van der Waals surface area contributed by atoms with Gasteiger partial charge in [-0.1, -0.05) is 42.5 Å². The summed E-state index contributed by atoms with van der Waals surface area (Å²) in [4.78, 5) is 26.3. The highest BCUT2D eigenvalue weighted by Gasteiger charge is 2.25. The third kappa shape index (κ3) is 5.56. The van der Waals surface area contributed by atoms with Gasteiger partial charge < -0.3 is 14.8 Å². The maximum atomic E-state index is 13.0.